The molecule has 1 aromatic heterocycles. The monoisotopic (exact) mass is 331 g/mol. The summed E-state index contributed by atoms with van der Waals surface area (Å²) in [4.78, 5) is 8.06. The van der Waals surface area contributed by atoms with Crippen molar-refractivity contribution in [2.75, 3.05) is 5.73 Å². The number of nitrogens with zero attached hydrogens (tertiary/aromatic N) is 2. The lowest BCUT2D eigenvalue weighted by atomic mass is 10.1. The van der Waals surface area contributed by atoms with Gasteiger partial charge in [0.15, 0.2) is 0 Å². The topological polar surface area (TPSA) is 51.8 Å². The van der Waals surface area contributed by atoms with Gasteiger partial charge in [0.05, 0.1) is 9.26 Å². The Balaban J connectivity index is 2.63. The fourth-order valence-electron chi connectivity index (χ4n) is 1.22. The Bertz CT molecular complexity index is 488. The summed E-state index contributed by atoms with van der Waals surface area (Å²) in [5.74, 6) is 0.194. The minimum atomic E-state index is 0.194. The van der Waals surface area contributed by atoms with E-state index in [1.807, 2.05) is 30.3 Å². The zero-order valence-electron chi connectivity index (χ0n) is 7.61. The summed E-state index contributed by atoms with van der Waals surface area (Å²) in [6.45, 7) is 0. The number of aromatic nitrogens is 2. The molecule has 3 nitrogen and oxygen atoms in total. The highest BCUT2D eigenvalue weighted by Crippen LogP contribution is 2.27. The molecule has 0 atom stereocenters. The lowest BCUT2D eigenvalue weighted by Crippen LogP contribution is -1.99. The summed E-state index contributed by atoms with van der Waals surface area (Å²) in [6.07, 6.45) is 0. The van der Waals surface area contributed by atoms with Gasteiger partial charge in [-0.05, 0) is 22.6 Å². The van der Waals surface area contributed by atoms with Gasteiger partial charge in [-0.2, -0.15) is 0 Å². The average molecular weight is 332 g/mol. The van der Waals surface area contributed by atoms with E-state index in [1.165, 1.54) is 0 Å². The second-order valence-corrected chi connectivity index (χ2v) is 4.34. The number of hydrogen-bond donors (Lipinski definition) is 1. The van der Waals surface area contributed by atoms with Crippen LogP contribution in [0.5, 0.6) is 0 Å². The Morgan fingerprint density at radius 1 is 1.13 bits per heavy atom. The van der Waals surface area contributed by atoms with Crippen LogP contribution in [0.2, 0.25) is 5.15 Å². The van der Waals surface area contributed by atoms with Crippen molar-refractivity contribution < 1.29 is 0 Å². The van der Waals surface area contributed by atoms with Crippen molar-refractivity contribution in [2.24, 2.45) is 0 Å². The van der Waals surface area contributed by atoms with Crippen LogP contribution in [0.4, 0.5) is 5.95 Å². The summed E-state index contributed by atoms with van der Waals surface area (Å²) in [7, 11) is 0. The van der Waals surface area contributed by atoms with Gasteiger partial charge in [0.1, 0.15) is 5.15 Å². The van der Waals surface area contributed by atoms with Gasteiger partial charge in [-0.25, -0.2) is 9.97 Å². The molecule has 2 aromatic rings. The van der Waals surface area contributed by atoms with Gasteiger partial charge in [-0.1, -0.05) is 41.9 Å². The maximum absolute atomic E-state index is 5.93. The quantitative estimate of drug-likeness (QED) is 0.645. The highest BCUT2D eigenvalue weighted by atomic mass is 127. The first kappa shape index (κ1) is 10.6. The van der Waals surface area contributed by atoms with Crippen molar-refractivity contribution in [3.05, 3.63) is 39.1 Å². The SMILES string of the molecule is Nc1nc(Cl)c(I)c(-c2ccccc2)n1. The highest BCUT2D eigenvalue weighted by Gasteiger charge is 2.10. The van der Waals surface area contributed by atoms with Crippen LogP contribution >= 0.6 is 34.2 Å². The first-order valence-electron chi connectivity index (χ1n) is 4.22. The second kappa shape index (κ2) is 4.32. The van der Waals surface area contributed by atoms with Crippen LogP contribution in [0.3, 0.4) is 0 Å². The standard InChI is InChI=1S/C10H7ClIN3/c11-9-7(12)8(14-10(13)15-9)6-4-2-1-3-5-6/h1-5H,(H2,13,14,15). The van der Waals surface area contributed by atoms with E-state index in [1.54, 1.807) is 0 Å². The molecule has 0 radical (unpaired) electrons. The Kier molecular flexibility index (Phi) is 3.06. The van der Waals surface area contributed by atoms with Crippen LogP contribution in [-0.2, 0) is 0 Å². The minimum absolute atomic E-state index is 0.194. The third-order valence-electron chi connectivity index (χ3n) is 1.88. The molecule has 5 heteroatoms. The van der Waals surface area contributed by atoms with Crippen molar-refractivity contribution in [2.45, 2.75) is 0 Å². The molecular weight excluding hydrogens is 324 g/mol. The molecule has 1 aromatic carbocycles. The zero-order valence-corrected chi connectivity index (χ0v) is 10.5. The third kappa shape index (κ3) is 2.21. The van der Waals surface area contributed by atoms with Crippen LogP contribution in [0.15, 0.2) is 30.3 Å². The average Bonchev–Trinajstić information content (AvgIpc) is 2.24. The molecule has 0 aliphatic heterocycles. The second-order valence-electron chi connectivity index (χ2n) is 2.90. The normalized spacial score (nSPS) is 10.3. The first-order valence-corrected chi connectivity index (χ1v) is 5.68. The maximum Gasteiger partial charge on any atom is 0.222 e. The van der Waals surface area contributed by atoms with E-state index >= 15 is 0 Å². The Labute approximate surface area is 106 Å². The predicted octanol–water partition coefficient (Wildman–Crippen LogP) is 2.98. The van der Waals surface area contributed by atoms with Crippen molar-refractivity contribution >= 4 is 40.1 Å². The molecule has 1 heterocycles. The molecule has 0 aliphatic rings. The fourth-order valence-corrected chi connectivity index (χ4v) is 1.95. The maximum atomic E-state index is 5.93. The van der Waals surface area contributed by atoms with E-state index in [-0.39, 0.29) is 5.95 Å². The zero-order chi connectivity index (χ0) is 10.8. The molecule has 0 unspecified atom stereocenters. The summed E-state index contributed by atoms with van der Waals surface area (Å²) in [5.41, 5.74) is 7.31. The lowest BCUT2D eigenvalue weighted by molar-refractivity contribution is 1.17. The highest BCUT2D eigenvalue weighted by molar-refractivity contribution is 14.1. The van der Waals surface area contributed by atoms with E-state index in [0.717, 1.165) is 14.8 Å². The molecular formula is C10H7ClIN3. The number of benzene rings is 1. The molecule has 0 aliphatic carbocycles. The number of anilines is 1. The minimum Gasteiger partial charge on any atom is -0.368 e. The Morgan fingerprint density at radius 3 is 2.47 bits per heavy atom. The molecule has 76 valence electrons. The molecule has 0 bridgehead atoms. The summed E-state index contributed by atoms with van der Waals surface area (Å²) in [6, 6.07) is 9.75. The first-order chi connectivity index (χ1) is 7.18. The lowest BCUT2D eigenvalue weighted by Gasteiger charge is -2.05. The van der Waals surface area contributed by atoms with Gasteiger partial charge in [-0.3, -0.25) is 0 Å². The molecule has 0 saturated heterocycles. The number of hydrogen-bond acceptors (Lipinski definition) is 3. The van der Waals surface area contributed by atoms with Crippen molar-refractivity contribution in [1.82, 2.24) is 9.97 Å². The van der Waals surface area contributed by atoms with Gasteiger partial charge >= 0.3 is 0 Å². The van der Waals surface area contributed by atoms with E-state index in [0.29, 0.717) is 5.15 Å². The Hall–Kier alpha value is -0.880. The van der Waals surface area contributed by atoms with Crippen LogP contribution in [-0.4, -0.2) is 9.97 Å². The van der Waals surface area contributed by atoms with Gasteiger partial charge in [0.25, 0.3) is 0 Å². The van der Waals surface area contributed by atoms with Crippen LogP contribution in [0.1, 0.15) is 0 Å². The third-order valence-corrected chi connectivity index (χ3v) is 3.49. The van der Waals surface area contributed by atoms with E-state index in [2.05, 4.69) is 32.6 Å². The summed E-state index contributed by atoms with van der Waals surface area (Å²) < 4.78 is 0.815. The summed E-state index contributed by atoms with van der Waals surface area (Å²) >= 11 is 8.04. The van der Waals surface area contributed by atoms with Crippen LogP contribution in [0, 0.1) is 3.57 Å². The fraction of sp³-hybridized carbons (Fsp3) is 0. The smallest absolute Gasteiger partial charge is 0.222 e. The van der Waals surface area contributed by atoms with Crippen molar-refractivity contribution in [1.29, 1.82) is 0 Å². The number of rotatable bonds is 1. The molecule has 0 amide bonds. The molecule has 0 saturated carbocycles. The molecule has 0 fully saturated rings. The summed E-state index contributed by atoms with van der Waals surface area (Å²) in [5, 5.41) is 0.391. The van der Waals surface area contributed by atoms with Crippen molar-refractivity contribution in [3.8, 4) is 11.3 Å². The van der Waals surface area contributed by atoms with E-state index < -0.39 is 0 Å². The van der Waals surface area contributed by atoms with Crippen LogP contribution < -0.4 is 5.73 Å². The van der Waals surface area contributed by atoms with Crippen molar-refractivity contribution in [3.63, 3.8) is 0 Å². The van der Waals surface area contributed by atoms with Gasteiger partial charge in [0.2, 0.25) is 5.95 Å². The molecule has 0 spiro atoms. The van der Waals surface area contributed by atoms with Crippen LogP contribution in [0.25, 0.3) is 11.3 Å². The largest absolute Gasteiger partial charge is 0.368 e. The number of nitrogen functional groups attached to an aromatic ring is 1. The Morgan fingerprint density at radius 2 is 1.80 bits per heavy atom. The predicted molar refractivity (Wildman–Crippen MR) is 69.6 cm³/mol. The molecule has 15 heavy (non-hydrogen) atoms. The van der Waals surface area contributed by atoms with E-state index in [4.69, 9.17) is 17.3 Å². The van der Waals surface area contributed by atoms with E-state index in [9.17, 15) is 0 Å². The number of nitrogens with two attached hydrogens (primary N) is 1. The van der Waals surface area contributed by atoms with Gasteiger partial charge in [-0.15, -0.1) is 0 Å². The van der Waals surface area contributed by atoms with Gasteiger partial charge < -0.3 is 5.73 Å². The molecule has 2 rings (SSSR count). The number of halogens is 2. The molecule has 2 N–H and O–H groups in total. The van der Waals surface area contributed by atoms with Gasteiger partial charge in [0, 0.05) is 5.56 Å².